The summed E-state index contributed by atoms with van der Waals surface area (Å²) in [4.78, 5) is 35.6. The van der Waals surface area contributed by atoms with Gasteiger partial charge in [0.2, 0.25) is 5.91 Å². The summed E-state index contributed by atoms with van der Waals surface area (Å²) in [5, 5.41) is 2.75. The fourth-order valence-electron chi connectivity index (χ4n) is 2.85. The van der Waals surface area contributed by atoms with Crippen molar-refractivity contribution >= 4 is 17.7 Å². The van der Waals surface area contributed by atoms with E-state index in [4.69, 9.17) is 9.47 Å². The van der Waals surface area contributed by atoms with Gasteiger partial charge in [-0.15, -0.1) is 0 Å². The fraction of sp³-hybridized carbons (Fsp3) is 0.786. The third kappa shape index (κ3) is 3.56. The Morgan fingerprint density at radius 3 is 2.80 bits per heavy atom. The Morgan fingerprint density at radius 2 is 2.20 bits per heavy atom. The molecule has 1 amide bonds. The molecular formula is C14H21NO5. The van der Waals surface area contributed by atoms with Gasteiger partial charge in [0.25, 0.3) is 0 Å². The second kappa shape index (κ2) is 6.83. The van der Waals surface area contributed by atoms with Crippen LogP contribution in [0.1, 0.15) is 32.1 Å². The zero-order valence-corrected chi connectivity index (χ0v) is 11.7. The van der Waals surface area contributed by atoms with Crippen molar-refractivity contribution in [3.63, 3.8) is 0 Å². The Bertz CT molecular complexity index is 389. The molecule has 6 nitrogen and oxygen atoms in total. The lowest BCUT2D eigenvalue weighted by Gasteiger charge is -2.29. The number of rotatable bonds is 4. The van der Waals surface area contributed by atoms with Crippen LogP contribution >= 0.6 is 0 Å². The monoisotopic (exact) mass is 283 g/mol. The molecule has 0 spiro atoms. The molecule has 20 heavy (non-hydrogen) atoms. The van der Waals surface area contributed by atoms with Crippen molar-refractivity contribution in [3.05, 3.63) is 0 Å². The van der Waals surface area contributed by atoms with E-state index in [0.29, 0.717) is 32.5 Å². The van der Waals surface area contributed by atoms with E-state index in [1.165, 1.54) is 7.11 Å². The molecule has 1 N–H and O–H groups in total. The number of hydrogen-bond donors (Lipinski definition) is 1. The molecule has 0 bridgehead atoms. The fourth-order valence-corrected chi connectivity index (χ4v) is 2.85. The molecule has 1 heterocycles. The molecule has 1 aliphatic carbocycles. The highest BCUT2D eigenvalue weighted by molar-refractivity contribution is 5.87. The van der Waals surface area contributed by atoms with Gasteiger partial charge in [-0.3, -0.25) is 9.59 Å². The number of nitrogens with one attached hydrogen (secondary N) is 1. The third-order valence-electron chi connectivity index (χ3n) is 4.05. The van der Waals surface area contributed by atoms with Gasteiger partial charge in [0, 0.05) is 19.4 Å². The molecule has 2 rings (SSSR count). The molecule has 0 unspecified atom stereocenters. The predicted molar refractivity (Wildman–Crippen MR) is 69.8 cm³/mol. The number of ketones is 1. The number of esters is 1. The van der Waals surface area contributed by atoms with Crippen molar-refractivity contribution in [2.24, 2.45) is 11.8 Å². The lowest BCUT2D eigenvalue weighted by Crippen LogP contribution is -2.49. The van der Waals surface area contributed by atoms with Crippen LogP contribution in [0.3, 0.4) is 0 Å². The number of amides is 1. The summed E-state index contributed by atoms with van der Waals surface area (Å²) >= 11 is 0. The largest absolute Gasteiger partial charge is 0.467 e. The molecule has 2 aliphatic rings. The maximum atomic E-state index is 12.1. The van der Waals surface area contributed by atoms with Gasteiger partial charge in [0.05, 0.1) is 19.6 Å². The Balaban J connectivity index is 2.01. The van der Waals surface area contributed by atoms with Crippen LogP contribution in [-0.2, 0) is 23.9 Å². The van der Waals surface area contributed by atoms with Crippen molar-refractivity contribution in [1.29, 1.82) is 0 Å². The van der Waals surface area contributed by atoms with Crippen LogP contribution in [0.25, 0.3) is 0 Å². The first-order valence-corrected chi connectivity index (χ1v) is 7.09. The zero-order valence-electron chi connectivity index (χ0n) is 11.7. The van der Waals surface area contributed by atoms with Gasteiger partial charge in [-0.1, -0.05) is 0 Å². The van der Waals surface area contributed by atoms with E-state index in [2.05, 4.69) is 5.32 Å². The minimum Gasteiger partial charge on any atom is -0.467 e. The van der Waals surface area contributed by atoms with Gasteiger partial charge in [0.15, 0.2) is 0 Å². The molecule has 0 aromatic heterocycles. The molecule has 6 heteroatoms. The van der Waals surface area contributed by atoms with Crippen molar-refractivity contribution in [2.75, 3.05) is 20.3 Å². The maximum Gasteiger partial charge on any atom is 0.328 e. The van der Waals surface area contributed by atoms with E-state index in [1.54, 1.807) is 0 Å². The molecule has 0 aromatic carbocycles. The van der Waals surface area contributed by atoms with Gasteiger partial charge in [0.1, 0.15) is 11.8 Å². The Labute approximate surface area is 118 Å². The van der Waals surface area contributed by atoms with E-state index in [0.717, 1.165) is 12.8 Å². The van der Waals surface area contributed by atoms with Crippen LogP contribution in [-0.4, -0.2) is 44.0 Å². The molecular weight excluding hydrogens is 262 g/mol. The molecule has 2 fully saturated rings. The second-order valence-corrected chi connectivity index (χ2v) is 5.47. The number of ether oxygens (including phenoxy) is 2. The minimum absolute atomic E-state index is 0.147. The summed E-state index contributed by atoms with van der Waals surface area (Å²) in [6.07, 6.45) is 3.09. The van der Waals surface area contributed by atoms with Crippen LogP contribution in [0.5, 0.6) is 0 Å². The summed E-state index contributed by atoms with van der Waals surface area (Å²) in [5.74, 6) is -0.877. The van der Waals surface area contributed by atoms with Gasteiger partial charge < -0.3 is 14.8 Å². The van der Waals surface area contributed by atoms with E-state index in [-0.39, 0.29) is 23.5 Å². The molecule has 1 saturated heterocycles. The van der Waals surface area contributed by atoms with Gasteiger partial charge in [-0.25, -0.2) is 4.79 Å². The number of carbonyl (C=O) groups is 3. The predicted octanol–water partition coefficient (Wildman–Crippen LogP) is 0.440. The number of Topliss-reactive ketones (excluding diaryl/α,β-unsaturated/α-hetero) is 1. The molecule has 112 valence electrons. The first-order valence-electron chi connectivity index (χ1n) is 7.09. The van der Waals surface area contributed by atoms with Gasteiger partial charge >= 0.3 is 5.97 Å². The Kier molecular flexibility index (Phi) is 5.11. The highest BCUT2D eigenvalue weighted by atomic mass is 16.5. The summed E-state index contributed by atoms with van der Waals surface area (Å²) in [6, 6.07) is -0.725. The van der Waals surface area contributed by atoms with Crippen LogP contribution in [0.15, 0.2) is 0 Å². The number of methoxy groups -OCH3 is 1. The van der Waals surface area contributed by atoms with Crippen LogP contribution in [0, 0.1) is 11.8 Å². The Hall–Kier alpha value is -1.43. The van der Waals surface area contributed by atoms with E-state index in [9.17, 15) is 14.4 Å². The van der Waals surface area contributed by atoms with Crippen molar-refractivity contribution in [1.82, 2.24) is 5.32 Å². The highest BCUT2D eigenvalue weighted by Gasteiger charge is 2.36. The van der Waals surface area contributed by atoms with Crippen LogP contribution in [0.2, 0.25) is 0 Å². The number of carbonyl (C=O) groups excluding carboxylic acids is 3. The molecule has 1 saturated carbocycles. The quantitative estimate of drug-likeness (QED) is 0.757. The summed E-state index contributed by atoms with van der Waals surface area (Å²) in [7, 11) is 1.30. The summed E-state index contributed by atoms with van der Waals surface area (Å²) in [6.45, 7) is 0.964. The lowest BCUT2D eigenvalue weighted by molar-refractivity contribution is -0.148. The standard InChI is InChI=1S/C14H21NO5/c1-19-14(18)12(9-3-2-4-11(16)7-9)15-13(17)10-5-6-20-8-10/h9-10,12H,2-8H2,1H3,(H,15,17)/t9-,10-,12+/m0/s1. The molecule has 3 atom stereocenters. The SMILES string of the molecule is COC(=O)[C@H](NC(=O)[C@H]1CCOC1)[C@H]1CCCC(=O)C1. The molecule has 0 aromatic rings. The van der Waals surface area contributed by atoms with Crippen molar-refractivity contribution < 1.29 is 23.9 Å². The smallest absolute Gasteiger partial charge is 0.328 e. The van der Waals surface area contributed by atoms with Gasteiger partial charge in [-0.2, -0.15) is 0 Å². The maximum absolute atomic E-state index is 12.1. The van der Waals surface area contributed by atoms with Crippen molar-refractivity contribution in [2.45, 2.75) is 38.1 Å². The average molecular weight is 283 g/mol. The average Bonchev–Trinajstić information content (AvgIpc) is 2.98. The van der Waals surface area contributed by atoms with Gasteiger partial charge in [-0.05, 0) is 25.2 Å². The van der Waals surface area contributed by atoms with Crippen LogP contribution < -0.4 is 5.32 Å². The zero-order chi connectivity index (χ0) is 14.5. The third-order valence-corrected chi connectivity index (χ3v) is 4.05. The first-order chi connectivity index (χ1) is 9.61. The lowest BCUT2D eigenvalue weighted by atomic mass is 9.83. The first kappa shape index (κ1) is 15.0. The van der Waals surface area contributed by atoms with Crippen molar-refractivity contribution in [3.8, 4) is 0 Å². The molecule has 0 radical (unpaired) electrons. The summed E-state index contributed by atoms with van der Waals surface area (Å²) in [5.41, 5.74) is 0. The second-order valence-electron chi connectivity index (χ2n) is 5.47. The normalized spacial score (nSPS) is 27.9. The minimum atomic E-state index is -0.725. The number of hydrogen-bond acceptors (Lipinski definition) is 5. The topological polar surface area (TPSA) is 81.7 Å². The summed E-state index contributed by atoms with van der Waals surface area (Å²) < 4.78 is 9.95. The van der Waals surface area contributed by atoms with Crippen LogP contribution in [0.4, 0.5) is 0 Å². The Morgan fingerprint density at radius 1 is 1.40 bits per heavy atom. The highest BCUT2D eigenvalue weighted by Crippen LogP contribution is 2.25. The van der Waals surface area contributed by atoms with E-state index < -0.39 is 12.0 Å². The van der Waals surface area contributed by atoms with E-state index >= 15 is 0 Å². The molecule has 1 aliphatic heterocycles. The van der Waals surface area contributed by atoms with E-state index in [1.807, 2.05) is 0 Å².